The normalized spacial score (nSPS) is 21.2. The minimum Gasteiger partial charge on any atom is -0.444 e. The van der Waals surface area contributed by atoms with E-state index >= 15 is 0 Å². The number of benzene rings is 1. The standard InChI is InChI=1S/C21H31NO5S/c1-14-8-10-16(11-9-14)28(25)15(2)12-18(23)17-13-26-21(6,7)22(17)19(24)27-20(3,4)5/h8-11,17-18,23H,2,12-13H2,1,3-7H3/t17-,18-,28+/m0/s1. The van der Waals surface area contributed by atoms with Gasteiger partial charge in [-0.3, -0.25) is 4.90 Å². The van der Waals surface area contributed by atoms with E-state index in [4.69, 9.17) is 9.47 Å². The number of nitrogens with zero attached hydrogens (tertiary/aromatic N) is 1. The minimum atomic E-state index is -1.44. The molecular formula is C21H31NO5S. The van der Waals surface area contributed by atoms with Crippen molar-refractivity contribution < 1.29 is 23.6 Å². The van der Waals surface area contributed by atoms with Crippen LogP contribution in [0.1, 0.15) is 46.6 Å². The lowest BCUT2D eigenvalue weighted by Gasteiger charge is -2.36. The van der Waals surface area contributed by atoms with Crippen molar-refractivity contribution in [1.29, 1.82) is 0 Å². The van der Waals surface area contributed by atoms with Crippen molar-refractivity contribution in [3.63, 3.8) is 0 Å². The summed E-state index contributed by atoms with van der Waals surface area (Å²) >= 11 is 0. The van der Waals surface area contributed by atoms with Crippen molar-refractivity contribution in [2.75, 3.05) is 6.61 Å². The van der Waals surface area contributed by atoms with Crippen LogP contribution >= 0.6 is 0 Å². The lowest BCUT2D eigenvalue weighted by molar-refractivity contribution is -0.0676. The number of hydrogen-bond donors (Lipinski definition) is 1. The molecule has 0 bridgehead atoms. The molecule has 28 heavy (non-hydrogen) atoms. The van der Waals surface area contributed by atoms with Crippen molar-refractivity contribution >= 4 is 16.9 Å². The first-order valence-electron chi connectivity index (χ1n) is 9.32. The van der Waals surface area contributed by atoms with Crippen LogP contribution in [-0.2, 0) is 20.3 Å². The number of aliphatic hydroxyl groups excluding tert-OH is 1. The fourth-order valence-electron chi connectivity index (χ4n) is 3.06. The summed E-state index contributed by atoms with van der Waals surface area (Å²) in [5.41, 5.74) is -0.502. The van der Waals surface area contributed by atoms with E-state index in [0.717, 1.165) is 5.56 Å². The summed E-state index contributed by atoms with van der Waals surface area (Å²) in [7, 11) is -1.44. The average molecular weight is 410 g/mol. The average Bonchev–Trinajstić information content (AvgIpc) is 2.88. The van der Waals surface area contributed by atoms with Crippen molar-refractivity contribution in [1.82, 2.24) is 4.90 Å². The van der Waals surface area contributed by atoms with Gasteiger partial charge in [-0.15, -0.1) is 0 Å². The van der Waals surface area contributed by atoms with Crippen LogP contribution in [0, 0.1) is 6.92 Å². The Morgan fingerprint density at radius 1 is 1.39 bits per heavy atom. The number of ether oxygens (including phenoxy) is 2. The number of amides is 1. The van der Waals surface area contributed by atoms with E-state index in [-0.39, 0.29) is 13.0 Å². The molecular weight excluding hydrogens is 378 g/mol. The first-order valence-corrected chi connectivity index (χ1v) is 10.5. The molecule has 156 valence electrons. The third-order valence-electron chi connectivity index (χ3n) is 4.49. The fourth-order valence-corrected chi connectivity index (χ4v) is 4.09. The number of carbonyl (C=O) groups is 1. The molecule has 7 heteroatoms. The van der Waals surface area contributed by atoms with E-state index in [1.807, 2.05) is 19.1 Å². The molecule has 1 aliphatic rings. The van der Waals surface area contributed by atoms with Gasteiger partial charge in [-0.1, -0.05) is 24.3 Å². The summed E-state index contributed by atoms with van der Waals surface area (Å²) in [6.07, 6.45) is -1.44. The van der Waals surface area contributed by atoms with Crippen LogP contribution in [0.4, 0.5) is 4.79 Å². The van der Waals surface area contributed by atoms with Crippen molar-refractivity contribution in [2.45, 2.75) is 76.3 Å². The maximum absolute atomic E-state index is 12.7. The van der Waals surface area contributed by atoms with Gasteiger partial charge in [0.1, 0.15) is 11.3 Å². The summed E-state index contributed by atoms with van der Waals surface area (Å²) < 4.78 is 23.9. The molecule has 1 heterocycles. The Morgan fingerprint density at radius 2 is 1.96 bits per heavy atom. The topological polar surface area (TPSA) is 76.1 Å². The van der Waals surface area contributed by atoms with Crippen LogP contribution in [-0.4, -0.2) is 50.4 Å². The molecule has 1 saturated heterocycles. The highest BCUT2D eigenvalue weighted by atomic mass is 32.2. The van der Waals surface area contributed by atoms with Gasteiger partial charge in [0.05, 0.1) is 29.6 Å². The van der Waals surface area contributed by atoms with Gasteiger partial charge in [0, 0.05) is 16.2 Å². The molecule has 1 aliphatic heterocycles. The summed E-state index contributed by atoms with van der Waals surface area (Å²) in [5.74, 6) is 0. The maximum Gasteiger partial charge on any atom is 0.412 e. The van der Waals surface area contributed by atoms with E-state index in [9.17, 15) is 14.1 Å². The van der Waals surface area contributed by atoms with Gasteiger partial charge in [-0.25, -0.2) is 9.00 Å². The van der Waals surface area contributed by atoms with Crippen LogP contribution in [0.5, 0.6) is 0 Å². The number of carbonyl (C=O) groups excluding carboxylic acids is 1. The first kappa shape index (κ1) is 22.6. The lowest BCUT2D eigenvalue weighted by Crippen LogP contribution is -2.53. The van der Waals surface area contributed by atoms with Crippen molar-refractivity contribution in [3.05, 3.63) is 41.3 Å². The summed E-state index contributed by atoms with van der Waals surface area (Å²) in [5, 5.41) is 10.8. The van der Waals surface area contributed by atoms with E-state index in [2.05, 4.69) is 6.58 Å². The third kappa shape index (κ3) is 5.43. The highest BCUT2D eigenvalue weighted by Crippen LogP contribution is 2.32. The molecule has 0 aromatic heterocycles. The molecule has 1 fully saturated rings. The van der Waals surface area contributed by atoms with Gasteiger partial charge in [-0.05, 0) is 53.7 Å². The smallest absolute Gasteiger partial charge is 0.412 e. The molecule has 0 spiro atoms. The minimum absolute atomic E-state index is 0.0872. The predicted molar refractivity (Wildman–Crippen MR) is 109 cm³/mol. The number of aryl methyl sites for hydroxylation is 1. The molecule has 6 nitrogen and oxygen atoms in total. The van der Waals surface area contributed by atoms with E-state index in [1.54, 1.807) is 46.8 Å². The maximum atomic E-state index is 12.7. The number of hydrogen-bond acceptors (Lipinski definition) is 5. The Labute approximate surface area is 170 Å². The van der Waals surface area contributed by atoms with E-state index in [0.29, 0.717) is 9.80 Å². The number of rotatable bonds is 5. The highest BCUT2D eigenvalue weighted by Gasteiger charge is 2.48. The Morgan fingerprint density at radius 3 is 2.50 bits per heavy atom. The van der Waals surface area contributed by atoms with Crippen LogP contribution in [0.15, 0.2) is 40.6 Å². The lowest BCUT2D eigenvalue weighted by atomic mass is 10.1. The van der Waals surface area contributed by atoms with Gasteiger partial charge in [-0.2, -0.15) is 0 Å². The van der Waals surface area contributed by atoms with Crippen LogP contribution < -0.4 is 0 Å². The van der Waals surface area contributed by atoms with Gasteiger partial charge < -0.3 is 14.6 Å². The van der Waals surface area contributed by atoms with Crippen molar-refractivity contribution in [2.24, 2.45) is 0 Å². The number of aliphatic hydroxyl groups is 1. The fraction of sp³-hybridized carbons (Fsp3) is 0.571. The molecule has 0 radical (unpaired) electrons. The van der Waals surface area contributed by atoms with Gasteiger partial charge >= 0.3 is 6.09 Å². The summed E-state index contributed by atoms with van der Waals surface area (Å²) in [4.78, 5) is 15.1. The zero-order chi connectivity index (χ0) is 21.3. The highest BCUT2D eigenvalue weighted by molar-refractivity contribution is 7.89. The van der Waals surface area contributed by atoms with Gasteiger partial charge in [0.2, 0.25) is 0 Å². The second-order valence-corrected chi connectivity index (χ2v) is 10.2. The quantitative estimate of drug-likeness (QED) is 0.802. The molecule has 3 atom stereocenters. The molecule has 1 aromatic carbocycles. The second kappa shape index (κ2) is 8.35. The van der Waals surface area contributed by atoms with Gasteiger partial charge in [0.25, 0.3) is 0 Å². The molecule has 0 unspecified atom stereocenters. The zero-order valence-corrected chi connectivity index (χ0v) is 18.3. The van der Waals surface area contributed by atoms with Gasteiger partial charge in [0.15, 0.2) is 0 Å². The van der Waals surface area contributed by atoms with E-state index in [1.165, 1.54) is 4.90 Å². The summed E-state index contributed by atoms with van der Waals surface area (Å²) in [6.45, 7) is 14.9. The predicted octanol–water partition coefficient (Wildman–Crippen LogP) is 3.74. The van der Waals surface area contributed by atoms with E-state index < -0.39 is 40.4 Å². The largest absolute Gasteiger partial charge is 0.444 e. The Balaban J connectivity index is 2.11. The summed E-state index contributed by atoms with van der Waals surface area (Å²) in [6, 6.07) is 6.73. The Kier molecular flexibility index (Phi) is 6.74. The first-order chi connectivity index (χ1) is 12.8. The molecule has 2 rings (SSSR count). The van der Waals surface area contributed by atoms with Crippen LogP contribution in [0.3, 0.4) is 0 Å². The van der Waals surface area contributed by atoms with Crippen LogP contribution in [0.2, 0.25) is 0 Å². The zero-order valence-electron chi connectivity index (χ0n) is 17.5. The second-order valence-electron chi connectivity index (χ2n) is 8.57. The molecule has 0 aliphatic carbocycles. The SMILES string of the molecule is C=C(C[C@H](O)[C@@H]1COC(C)(C)N1C(=O)OC(C)(C)C)[S@@](=O)c1ccc(C)cc1. The molecule has 1 amide bonds. The van der Waals surface area contributed by atoms with Crippen molar-refractivity contribution in [3.8, 4) is 0 Å². The molecule has 0 saturated carbocycles. The monoisotopic (exact) mass is 409 g/mol. The Bertz CT molecular complexity index is 751. The Hall–Kier alpha value is -1.70. The van der Waals surface area contributed by atoms with Crippen LogP contribution in [0.25, 0.3) is 0 Å². The molecule has 1 N–H and O–H groups in total. The molecule has 1 aromatic rings. The third-order valence-corrected chi connectivity index (χ3v) is 5.88.